The number of H-pyrrole nitrogens is 1. The van der Waals surface area contributed by atoms with E-state index in [0.29, 0.717) is 12.2 Å². The number of hydrogen-bond acceptors (Lipinski definition) is 3. The summed E-state index contributed by atoms with van der Waals surface area (Å²) in [6.45, 7) is 0.302. The number of rotatable bonds is 2. The molecule has 0 aliphatic heterocycles. The van der Waals surface area contributed by atoms with E-state index in [9.17, 15) is 4.79 Å². The first-order valence-corrected chi connectivity index (χ1v) is 6.13. The van der Waals surface area contributed by atoms with Gasteiger partial charge in [0.15, 0.2) is 0 Å². The Kier molecular flexibility index (Phi) is 2.72. The maximum atomic E-state index is 11.5. The van der Waals surface area contributed by atoms with Crippen molar-refractivity contribution in [3.63, 3.8) is 0 Å². The van der Waals surface area contributed by atoms with Crippen LogP contribution in [0.15, 0.2) is 35.1 Å². The monoisotopic (exact) mass is 241 g/mol. The molecule has 0 unspecified atom stereocenters. The van der Waals surface area contributed by atoms with E-state index in [-0.39, 0.29) is 11.5 Å². The molecule has 1 heterocycles. The molecule has 0 radical (unpaired) electrons. The van der Waals surface area contributed by atoms with Crippen LogP contribution in [0.3, 0.4) is 0 Å². The molecular weight excluding hydrogens is 226 g/mol. The van der Waals surface area contributed by atoms with Gasteiger partial charge in [-0.3, -0.25) is 4.79 Å². The standard InChI is InChI=1S/C14H15N3O/c15-8-12-7-13(18)17-14(16-12)11-5-9-3-1-2-4-10(9)6-11/h1-4,7,11H,5-6,8,15H2,(H,16,17,18). The van der Waals surface area contributed by atoms with Crippen molar-refractivity contribution in [2.75, 3.05) is 0 Å². The van der Waals surface area contributed by atoms with Gasteiger partial charge in [-0.05, 0) is 24.0 Å². The number of benzene rings is 1. The Morgan fingerprint density at radius 2 is 1.94 bits per heavy atom. The Balaban J connectivity index is 1.95. The molecule has 92 valence electrons. The maximum Gasteiger partial charge on any atom is 0.251 e. The Hall–Kier alpha value is -1.94. The highest BCUT2D eigenvalue weighted by atomic mass is 16.1. The van der Waals surface area contributed by atoms with Crippen molar-refractivity contribution in [3.8, 4) is 0 Å². The lowest BCUT2D eigenvalue weighted by atomic mass is 10.1. The second-order valence-corrected chi connectivity index (χ2v) is 4.70. The highest BCUT2D eigenvalue weighted by molar-refractivity contribution is 5.35. The molecule has 0 spiro atoms. The summed E-state index contributed by atoms with van der Waals surface area (Å²) in [6.07, 6.45) is 1.88. The molecule has 0 saturated heterocycles. The molecule has 1 aromatic carbocycles. The molecule has 18 heavy (non-hydrogen) atoms. The molecule has 4 heteroatoms. The lowest BCUT2D eigenvalue weighted by Crippen LogP contribution is -2.17. The Labute approximate surface area is 105 Å². The first-order chi connectivity index (χ1) is 8.76. The second-order valence-electron chi connectivity index (χ2n) is 4.70. The largest absolute Gasteiger partial charge is 0.325 e. The fourth-order valence-corrected chi connectivity index (χ4v) is 2.58. The zero-order valence-corrected chi connectivity index (χ0v) is 10.0. The van der Waals surface area contributed by atoms with Crippen LogP contribution in [0.4, 0.5) is 0 Å². The minimum absolute atomic E-state index is 0.114. The zero-order valence-electron chi connectivity index (χ0n) is 10.0. The fourth-order valence-electron chi connectivity index (χ4n) is 2.58. The van der Waals surface area contributed by atoms with Crippen molar-refractivity contribution in [3.05, 3.63) is 63.3 Å². The van der Waals surface area contributed by atoms with E-state index >= 15 is 0 Å². The fraction of sp³-hybridized carbons (Fsp3) is 0.286. The van der Waals surface area contributed by atoms with Crippen LogP contribution in [0, 0.1) is 0 Å². The average molecular weight is 241 g/mol. The van der Waals surface area contributed by atoms with Gasteiger partial charge in [-0.15, -0.1) is 0 Å². The predicted octanol–water partition coefficient (Wildman–Crippen LogP) is 1.11. The summed E-state index contributed by atoms with van der Waals surface area (Å²) in [7, 11) is 0. The van der Waals surface area contributed by atoms with Gasteiger partial charge in [0, 0.05) is 18.5 Å². The summed E-state index contributed by atoms with van der Waals surface area (Å²) >= 11 is 0. The van der Waals surface area contributed by atoms with Crippen LogP contribution in [-0.2, 0) is 19.4 Å². The Bertz CT molecular complexity index is 608. The highest BCUT2D eigenvalue weighted by Gasteiger charge is 2.24. The van der Waals surface area contributed by atoms with Crippen LogP contribution in [-0.4, -0.2) is 9.97 Å². The summed E-state index contributed by atoms with van der Waals surface area (Å²) in [5.41, 5.74) is 8.80. The summed E-state index contributed by atoms with van der Waals surface area (Å²) in [5.74, 6) is 1.03. The third-order valence-electron chi connectivity index (χ3n) is 3.46. The van der Waals surface area contributed by atoms with Gasteiger partial charge in [-0.2, -0.15) is 0 Å². The number of nitrogens with zero attached hydrogens (tertiary/aromatic N) is 1. The molecule has 1 aliphatic rings. The molecule has 1 aromatic heterocycles. The molecule has 0 bridgehead atoms. The van der Waals surface area contributed by atoms with Crippen LogP contribution >= 0.6 is 0 Å². The predicted molar refractivity (Wildman–Crippen MR) is 69.3 cm³/mol. The maximum absolute atomic E-state index is 11.5. The summed E-state index contributed by atoms with van der Waals surface area (Å²) in [5, 5.41) is 0. The SMILES string of the molecule is NCc1cc(=O)[nH]c(C2Cc3ccccc3C2)n1. The van der Waals surface area contributed by atoms with E-state index < -0.39 is 0 Å². The minimum atomic E-state index is -0.114. The number of aromatic amines is 1. The Morgan fingerprint density at radius 1 is 1.28 bits per heavy atom. The van der Waals surface area contributed by atoms with Gasteiger partial charge in [0.1, 0.15) is 5.82 Å². The van der Waals surface area contributed by atoms with E-state index in [1.807, 2.05) is 12.1 Å². The molecule has 0 atom stereocenters. The average Bonchev–Trinajstić information content (AvgIpc) is 2.81. The molecule has 0 fully saturated rings. The van der Waals surface area contributed by atoms with Gasteiger partial charge in [0.25, 0.3) is 5.56 Å². The molecule has 2 aromatic rings. The quantitative estimate of drug-likeness (QED) is 0.827. The molecule has 3 rings (SSSR count). The van der Waals surface area contributed by atoms with Crippen LogP contribution in [0.25, 0.3) is 0 Å². The molecule has 3 N–H and O–H groups in total. The van der Waals surface area contributed by atoms with E-state index in [1.165, 1.54) is 17.2 Å². The molecule has 0 saturated carbocycles. The summed E-state index contributed by atoms with van der Waals surface area (Å²) < 4.78 is 0. The van der Waals surface area contributed by atoms with E-state index in [4.69, 9.17) is 5.73 Å². The number of hydrogen-bond donors (Lipinski definition) is 2. The highest BCUT2D eigenvalue weighted by Crippen LogP contribution is 2.31. The van der Waals surface area contributed by atoms with Gasteiger partial charge in [-0.25, -0.2) is 4.98 Å². The lowest BCUT2D eigenvalue weighted by Gasteiger charge is -2.09. The van der Waals surface area contributed by atoms with Gasteiger partial charge in [0.05, 0.1) is 5.69 Å². The van der Waals surface area contributed by atoms with Crippen molar-refractivity contribution < 1.29 is 0 Å². The van der Waals surface area contributed by atoms with Crippen LogP contribution in [0.5, 0.6) is 0 Å². The van der Waals surface area contributed by atoms with Crippen molar-refractivity contribution >= 4 is 0 Å². The van der Waals surface area contributed by atoms with E-state index in [1.54, 1.807) is 0 Å². The summed E-state index contributed by atoms with van der Waals surface area (Å²) in [4.78, 5) is 18.8. The Morgan fingerprint density at radius 3 is 2.56 bits per heavy atom. The number of aromatic nitrogens is 2. The number of nitrogens with one attached hydrogen (secondary N) is 1. The van der Waals surface area contributed by atoms with Crippen LogP contribution < -0.4 is 11.3 Å². The van der Waals surface area contributed by atoms with Gasteiger partial charge >= 0.3 is 0 Å². The third-order valence-corrected chi connectivity index (χ3v) is 3.46. The third kappa shape index (κ3) is 1.95. The minimum Gasteiger partial charge on any atom is -0.325 e. The van der Waals surface area contributed by atoms with Crippen LogP contribution in [0.1, 0.15) is 28.6 Å². The summed E-state index contributed by atoms with van der Waals surface area (Å²) in [6, 6.07) is 9.84. The smallest absolute Gasteiger partial charge is 0.251 e. The molecule has 1 aliphatic carbocycles. The van der Waals surface area contributed by atoms with Crippen LogP contribution in [0.2, 0.25) is 0 Å². The van der Waals surface area contributed by atoms with Gasteiger partial charge in [0.2, 0.25) is 0 Å². The lowest BCUT2D eigenvalue weighted by molar-refractivity contribution is 0.668. The first kappa shape index (κ1) is 11.2. The van der Waals surface area contributed by atoms with Crippen molar-refractivity contribution in [2.45, 2.75) is 25.3 Å². The molecule has 4 nitrogen and oxygen atoms in total. The first-order valence-electron chi connectivity index (χ1n) is 6.13. The van der Waals surface area contributed by atoms with Crippen molar-refractivity contribution in [2.24, 2.45) is 5.73 Å². The normalized spacial score (nSPS) is 14.7. The van der Waals surface area contributed by atoms with Crippen molar-refractivity contribution in [1.82, 2.24) is 9.97 Å². The van der Waals surface area contributed by atoms with Gasteiger partial charge in [-0.1, -0.05) is 24.3 Å². The topological polar surface area (TPSA) is 71.8 Å². The molecular formula is C14H15N3O. The van der Waals surface area contributed by atoms with E-state index in [2.05, 4.69) is 22.1 Å². The number of nitrogens with two attached hydrogens (primary N) is 1. The van der Waals surface area contributed by atoms with E-state index in [0.717, 1.165) is 18.7 Å². The zero-order chi connectivity index (χ0) is 12.5. The van der Waals surface area contributed by atoms with Gasteiger partial charge < -0.3 is 10.7 Å². The second kappa shape index (κ2) is 4.38. The van der Waals surface area contributed by atoms with Crippen molar-refractivity contribution in [1.29, 1.82) is 0 Å². The number of fused-ring (bicyclic) bond motifs is 1. The molecule has 0 amide bonds.